The van der Waals surface area contributed by atoms with Gasteiger partial charge in [-0.15, -0.1) is 0 Å². The maximum Gasteiger partial charge on any atom is 0.123 e. The summed E-state index contributed by atoms with van der Waals surface area (Å²) in [5, 5.41) is 0. The van der Waals surface area contributed by atoms with E-state index in [1.54, 1.807) is 36.0 Å². The summed E-state index contributed by atoms with van der Waals surface area (Å²) in [6.07, 6.45) is 8.08. The molecule has 21 heavy (non-hydrogen) atoms. The average Bonchev–Trinajstić information content (AvgIpc) is 2.50. The lowest BCUT2D eigenvalue weighted by Gasteiger charge is -1.95. The first-order valence-electron chi connectivity index (χ1n) is 6.66. The number of rotatable bonds is 6. The van der Waals surface area contributed by atoms with Gasteiger partial charge in [0.05, 0.1) is 0 Å². The highest BCUT2D eigenvalue weighted by molar-refractivity contribution is 7.99. The van der Waals surface area contributed by atoms with Gasteiger partial charge in [0, 0.05) is 11.5 Å². The van der Waals surface area contributed by atoms with Gasteiger partial charge >= 0.3 is 0 Å². The lowest BCUT2D eigenvalue weighted by atomic mass is 10.2. The molecule has 0 unspecified atom stereocenters. The molecule has 0 nitrogen and oxygen atoms in total. The molecule has 0 amide bonds. The lowest BCUT2D eigenvalue weighted by molar-refractivity contribution is 0.627. The summed E-state index contributed by atoms with van der Waals surface area (Å²) in [5.74, 6) is 1.36. The molecule has 0 heterocycles. The summed E-state index contributed by atoms with van der Waals surface area (Å²) in [6, 6.07) is 12.8. The van der Waals surface area contributed by atoms with E-state index >= 15 is 0 Å². The topological polar surface area (TPSA) is 0 Å². The summed E-state index contributed by atoms with van der Waals surface area (Å²) >= 11 is 1.78. The Kier molecular flexibility index (Phi) is 6.22. The fraction of sp³-hybridized carbons (Fsp3) is 0.111. The van der Waals surface area contributed by atoms with Crippen LogP contribution in [0.25, 0.3) is 12.2 Å². The molecule has 0 aliphatic carbocycles. The van der Waals surface area contributed by atoms with Crippen molar-refractivity contribution in [2.45, 2.75) is 0 Å². The molecule has 0 fully saturated rings. The maximum atomic E-state index is 12.7. The molecule has 0 saturated heterocycles. The zero-order valence-electron chi connectivity index (χ0n) is 11.5. The molecule has 2 aromatic carbocycles. The third-order valence-electron chi connectivity index (χ3n) is 2.79. The van der Waals surface area contributed by atoms with Gasteiger partial charge in [0.2, 0.25) is 0 Å². The Hall–Kier alpha value is -1.87. The van der Waals surface area contributed by atoms with Gasteiger partial charge in [-0.1, -0.05) is 48.6 Å². The van der Waals surface area contributed by atoms with Gasteiger partial charge < -0.3 is 0 Å². The molecule has 0 aromatic heterocycles. The van der Waals surface area contributed by atoms with Crippen molar-refractivity contribution in [2.75, 3.05) is 11.5 Å². The van der Waals surface area contributed by atoms with Gasteiger partial charge in [-0.25, -0.2) is 8.78 Å². The molecule has 0 atom stereocenters. The molecular formula is C18H16F2S. The standard InChI is InChI=1S/C18H16F2S/c19-17-9-5-15(6-10-17)3-1-13-21-14-2-4-16-7-11-18(20)12-8-16/h1-12H,13-14H2. The Bertz CT molecular complexity index is 543. The highest BCUT2D eigenvalue weighted by atomic mass is 32.2. The van der Waals surface area contributed by atoms with Gasteiger partial charge in [-0.2, -0.15) is 11.8 Å². The van der Waals surface area contributed by atoms with Crippen molar-refractivity contribution in [2.24, 2.45) is 0 Å². The first kappa shape index (κ1) is 15.5. The molecule has 0 spiro atoms. The van der Waals surface area contributed by atoms with Crippen molar-refractivity contribution < 1.29 is 8.78 Å². The third kappa shape index (κ3) is 5.96. The SMILES string of the molecule is Fc1ccc(C=CCSCC=Cc2ccc(F)cc2)cc1. The van der Waals surface area contributed by atoms with Crippen LogP contribution < -0.4 is 0 Å². The lowest BCUT2D eigenvalue weighted by Crippen LogP contribution is -1.78. The zero-order chi connectivity index (χ0) is 14.9. The summed E-state index contributed by atoms with van der Waals surface area (Å²) < 4.78 is 25.4. The number of hydrogen-bond acceptors (Lipinski definition) is 1. The summed E-state index contributed by atoms with van der Waals surface area (Å²) in [7, 11) is 0. The van der Waals surface area contributed by atoms with E-state index in [2.05, 4.69) is 12.2 Å². The van der Waals surface area contributed by atoms with Crippen LogP contribution in [0.4, 0.5) is 8.78 Å². The Morgan fingerprint density at radius 3 is 1.43 bits per heavy atom. The van der Waals surface area contributed by atoms with Crippen molar-refractivity contribution in [1.29, 1.82) is 0 Å². The van der Waals surface area contributed by atoms with Gasteiger partial charge in [-0.05, 0) is 35.4 Å². The van der Waals surface area contributed by atoms with Crippen molar-refractivity contribution in [1.82, 2.24) is 0 Å². The van der Waals surface area contributed by atoms with E-state index in [9.17, 15) is 8.78 Å². The first-order valence-corrected chi connectivity index (χ1v) is 7.81. The molecule has 0 N–H and O–H groups in total. The van der Waals surface area contributed by atoms with E-state index in [1.807, 2.05) is 12.2 Å². The van der Waals surface area contributed by atoms with Crippen molar-refractivity contribution in [3.8, 4) is 0 Å². The van der Waals surface area contributed by atoms with Gasteiger partial charge in [0.1, 0.15) is 11.6 Å². The highest BCUT2D eigenvalue weighted by Crippen LogP contribution is 2.09. The maximum absolute atomic E-state index is 12.7. The third-order valence-corrected chi connectivity index (χ3v) is 3.65. The predicted molar refractivity (Wildman–Crippen MR) is 88.2 cm³/mol. The van der Waals surface area contributed by atoms with Crippen LogP contribution in [0.5, 0.6) is 0 Å². The van der Waals surface area contributed by atoms with Gasteiger partial charge in [-0.3, -0.25) is 0 Å². The minimum atomic E-state index is -0.215. The molecule has 2 rings (SSSR count). The molecular weight excluding hydrogens is 286 g/mol. The fourth-order valence-electron chi connectivity index (χ4n) is 1.72. The first-order chi connectivity index (χ1) is 10.2. The molecule has 108 valence electrons. The minimum absolute atomic E-state index is 0.215. The number of thioether (sulfide) groups is 1. The average molecular weight is 302 g/mol. The number of halogens is 2. The normalized spacial score (nSPS) is 11.5. The molecule has 0 radical (unpaired) electrons. The summed E-state index contributed by atoms with van der Waals surface area (Å²) in [6.45, 7) is 0. The zero-order valence-corrected chi connectivity index (χ0v) is 12.3. The number of hydrogen-bond donors (Lipinski definition) is 0. The quantitative estimate of drug-likeness (QED) is 0.642. The number of benzene rings is 2. The van der Waals surface area contributed by atoms with Crippen LogP contribution in [0, 0.1) is 11.6 Å². The van der Waals surface area contributed by atoms with E-state index in [-0.39, 0.29) is 11.6 Å². The monoisotopic (exact) mass is 302 g/mol. The van der Waals surface area contributed by atoms with Crippen molar-refractivity contribution >= 4 is 23.9 Å². The summed E-state index contributed by atoms with van der Waals surface area (Å²) in [5.41, 5.74) is 2.00. The Morgan fingerprint density at radius 1 is 0.667 bits per heavy atom. The molecule has 0 aliphatic heterocycles. The predicted octanol–water partition coefficient (Wildman–Crippen LogP) is 5.42. The van der Waals surface area contributed by atoms with Gasteiger partial charge in [0.25, 0.3) is 0 Å². The fourth-order valence-corrected chi connectivity index (χ4v) is 2.32. The van der Waals surface area contributed by atoms with E-state index in [0.717, 1.165) is 22.6 Å². The molecule has 0 bridgehead atoms. The van der Waals surface area contributed by atoms with Crippen LogP contribution in [0.1, 0.15) is 11.1 Å². The van der Waals surface area contributed by atoms with Gasteiger partial charge in [0.15, 0.2) is 0 Å². The second-order valence-electron chi connectivity index (χ2n) is 4.45. The Morgan fingerprint density at radius 2 is 1.05 bits per heavy atom. The molecule has 3 heteroatoms. The van der Waals surface area contributed by atoms with E-state index in [1.165, 1.54) is 24.3 Å². The second-order valence-corrected chi connectivity index (χ2v) is 5.52. The second kappa shape index (κ2) is 8.42. The molecule has 0 saturated carbocycles. The van der Waals surface area contributed by atoms with E-state index < -0.39 is 0 Å². The molecule has 2 aromatic rings. The van der Waals surface area contributed by atoms with Crippen LogP contribution >= 0.6 is 11.8 Å². The van der Waals surface area contributed by atoms with Crippen LogP contribution in [0.2, 0.25) is 0 Å². The van der Waals surface area contributed by atoms with Crippen LogP contribution in [0.15, 0.2) is 60.7 Å². The van der Waals surface area contributed by atoms with Crippen LogP contribution in [0.3, 0.4) is 0 Å². The van der Waals surface area contributed by atoms with E-state index in [0.29, 0.717) is 0 Å². The Labute approximate surface area is 128 Å². The Balaban J connectivity index is 1.67. The highest BCUT2D eigenvalue weighted by Gasteiger charge is 1.90. The molecule has 0 aliphatic rings. The minimum Gasteiger partial charge on any atom is -0.207 e. The van der Waals surface area contributed by atoms with Crippen molar-refractivity contribution in [3.05, 3.63) is 83.4 Å². The van der Waals surface area contributed by atoms with Crippen LogP contribution in [-0.2, 0) is 0 Å². The van der Waals surface area contributed by atoms with Crippen molar-refractivity contribution in [3.63, 3.8) is 0 Å². The largest absolute Gasteiger partial charge is 0.207 e. The smallest absolute Gasteiger partial charge is 0.123 e. The van der Waals surface area contributed by atoms with Crippen LogP contribution in [-0.4, -0.2) is 11.5 Å². The van der Waals surface area contributed by atoms with E-state index in [4.69, 9.17) is 0 Å². The summed E-state index contributed by atoms with van der Waals surface area (Å²) in [4.78, 5) is 0.